The van der Waals surface area contributed by atoms with Crippen molar-refractivity contribution in [3.63, 3.8) is 0 Å². The maximum atomic E-state index is 13.2. The molecule has 4 N–H and O–H groups in total. The predicted octanol–water partition coefficient (Wildman–Crippen LogP) is 14.3. The summed E-state index contributed by atoms with van der Waals surface area (Å²) in [5, 5.41) is 27.6. The molecule has 0 saturated carbocycles. The van der Waals surface area contributed by atoms with Gasteiger partial charge in [-0.05, 0) is 155 Å². The summed E-state index contributed by atoms with van der Waals surface area (Å²) in [6, 6.07) is 75.6. The van der Waals surface area contributed by atoms with Gasteiger partial charge in [-0.15, -0.1) is 0 Å². The van der Waals surface area contributed by atoms with Crippen LogP contribution in [0.3, 0.4) is 0 Å². The van der Waals surface area contributed by atoms with Crippen molar-refractivity contribution in [2.24, 2.45) is 0 Å². The van der Waals surface area contributed by atoms with Crippen molar-refractivity contribution in [2.45, 2.75) is 5.41 Å². The monoisotopic (exact) mass is 972 g/mol. The maximum absolute atomic E-state index is 13.2. The van der Waals surface area contributed by atoms with Gasteiger partial charge in [0.2, 0.25) is 0 Å². The number of rotatable bonds is 10. The number of fused-ring (bicyclic) bond motifs is 3. The summed E-state index contributed by atoms with van der Waals surface area (Å²) in [5.74, 6) is 13.3. The van der Waals surface area contributed by atoms with E-state index in [1.54, 1.807) is 72.8 Å². The number of carbonyl (C=O) groups excluding carboxylic acids is 2. The molecule has 10 aromatic carbocycles. The molecule has 2 amide bonds. The second kappa shape index (κ2) is 20.7. The second-order valence-electron chi connectivity index (χ2n) is 17.7. The summed E-state index contributed by atoms with van der Waals surface area (Å²) in [4.78, 5) is 26.3. The molecule has 10 aromatic rings. The summed E-state index contributed by atoms with van der Waals surface area (Å²) < 4.78 is 12.5. The van der Waals surface area contributed by atoms with Crippen LogP contribution in [0.1, 0.15) is 65.2 Å². The summed E-state index contributed by atoms with van der Waals surface area (Å²) in [6.07, 6.45) is 0. The van der Waals surface area contributed by atoms with Gasteiger partial charge in [0.15, 0.2) is 0 Å². The van der Waals surface area contributed by atoms with E-state index in [9.17, 15) is 19.8 Å². The number of anilines is 2. The van der Waals surface area contributed by atoms with Crippen LogP contribution in [0.5, 0.6) is 34.5 Å². The SMILES string of the molecule is O=C(Nc1ccc(Oc2ccc(C3(c4ccc(Oc5ccc(NC(=O)c6ccc(C#Cc7ccccc7)cc6)c(O)c5)cc4)c4ccccc4-c4ccccc43)cc2)cc1O)c1ccc(C#Cc2ccccc2)cc1. The van der Waals surface area contributed by atoms with Crippen molar-refractivity contribution >= 4 is 23.2 Å². The number of hydrogen-bond acceptors (Lipinski definition) is 6. The van der Waals surface area contributed by atoms with Gasteiger partial charge >= 0.3 is 0 Å². The van der Waals surface area contributed by atoms with Crippen LogP contribution in [0, 0.1) is 23.7 Å². The Balaban J connectivity index is 0.786. The van der Waals surface area contributed by atoms with E-state index in [1.807, 2.05) is 84.9 Å². The van der Waals surface area contributed by atoms with Crippen LogP contribution in [0.2, 0.25) is 0 Å². The first-order chi connectivity index (χ1) is 36.8. The Morgan fingerprint density at radius 1 is 0.360 bits per heavy atom. The van der Waals surface area contributed by atoms with E-state index in [-0.39, 0.29) is 34.7 Å². The molecule has 8 nitrogen and oxygen atoms in total. The van der Waals surface area contributed by atoms with E-state index in [2.05, 4.69) is 107 Å². The van der Waals surface area contributed by atoms with Gasteiger partial charge in [-0.1, -0.05) is 133 Å². The van der Waals surface area contributed by atoms with Crippen molar-refractivity contribution in [1.29, 1.82) is 0 Å². The molecule has 0 atom stereocenters. The third-order valence-electron chi connectivity index (χ3n) is 13.0. The Labute approximate surface area is 434 Å². The lowest BCUT2D eigenvalue weighted by atomic mass is 9.68. The molecular weight excluding hydrogens is 929 g/mol. The lowest BCUT2D eigenvalue weighted by molar-refractivity contribution is 0.101. The topological polar surface area (TPSA) is 117 Å². The maximum Gasteiger partial charge on any atom is 0.255 e. The number of amides is 2. The Morgan fingerprint density at radius 2 is 0.693 bits per heavy atom. The first-order valence-corrected chi connectivity index (χ1v) is 24.2. The standard InChI is InChI=1S/C67H44N2O6/c70-63-43-55(39-41-61(63)68-65(72)49-27-23-47(24-28-49)21-19-45-11-3-1-4-12-45)74-53-35-31-51(32-36-53)67(59-17-9-7-15-57(59)58-16-8-10-18-60(58)67)52-33-37-54(38-34-52)75-56-40-42-62(64(71)44-56)69-66(73)50-29-25-48(26-30-50)22-20-46-13-5-2-6-14-46/h1-18,23-44,70-71H,(H,68,72)(H,69,73). The minimum Gasteiger partial charge on any atom is -0.506 e. The number of benzene rings is 10. The molecule has 0 spiro atoms. The molecule has 1 aliphatic rings. The molecule has 0 bridgehead atoms. The van der Waals surface area contributed by atoms with Crippen molar-refractivity contribution in [1.82, 2.24) is 0 Å². The van der Waals surface area contributed by atoms with Crippen molar-refractivity contribution in [3.8, 4) is 69.3 Å². The highest BCUT2D eigenvalue weighted by Gasteiger charge is 2.46. The predicted molar refractivity (Wildman–Crippen MR) is 294 cm³/mol. The van der Waals surface area contributed by atoms with E-state index >= 15 is 0 Å². The molecule has 358 valence electrons. The molecule has 1 aliphatic carbocycles. The molecule has 0 saturated heterocycles. The fraction of sp³-hybridized carbons (Fsp3) is 0.0149. The highest BCUT2D eigenvalue weighted by atomic mass is 16.5. The zero-order valence-corrected chi connectivity index (χ0v) is 40.1. The van der Waals surface area contributed by atoms with Gasteiger partial charge in [0.05, 0.1) is 16.8 Å². The molecule has 0 aliphatic heterocycles. The molecule has 0 fully saturated rings. The zero-order chi connectivity index (χ0) is 51.1. The van der Waals surface area contributed by atoms with Gasteiger partial charge in [0, 0.05) is 45.5 Å². The lowest BCUT2D eigenvalue weighted by Crippen LogP contribution is -2.28. The molecule has 8 heteroatoms. The first kappa shape index (κ1) is 46.8. The average molecular weight is 973 g/mol. The van der Waals surface area contributed by atoms with Gasteiger partial charge in [-0.3, -0.25) is 9.59 Å². The largest absolute Gasteiger partial charge is 0.506 e. The molecule has 0 heterocycles. The molecule has 0 radical (unpaired) electrons. The minimum atomic E-state index is -0.716. The molecular formula is C67H44N2O6. The molecule has 11 rings (SSSR count). The van der Waals surface area contributed by atoms with Crippen LogP contribution < -0.4 is 20.1 Å². The summed E-state index contributed by atoms with van der Waals surface area (Å²) in [5.41, 5.74) is 10.5. The summed E-state index contributed by atoms with van der Waals surface area (Å²) in [6.45, 7) is 0. The summed E-state index contributed by atoms with van der Waals surface area (Å²) in [7, 11) is 0. The smallest absolute Gasteiger partial charge is 0.255 e. The van der Waals surface area contributed by atoms with Crippen molar-refractivity contribution in [2.75, 3.05) is 10.6 Å². The van der Waals surface area contributed by atoms with Gasteiger partial charge < -0.3 is 30.3 Å². The Kier molecular flexibility index (Phi) is 12.9. The fourth-order valence-electron chi connectivity index (χ4n) is 9.33. The van der Waals surface area contributed by atoms with E-state index in [4.69, 9.17) is 9.47 Å². The number of carbonyl (C=O) groups is 2. The minimum absolute atomic E-state index is 0.143. The highest BCUT2D eigenvalue weighted by molar-refractivity contribution is 6.06. The second-order valence-corrected chi connectivity index (χ2v) is 17.7. The van der Waals surface area contributed by atoms with Crippen LogP contribution in [0.25, 0.3) is 11.1 Å². The Bertz CT molecular complexity index is 3610. The van der Waals surface area contributed by atoms with E-state index < -0.39 is 5.41 Å². The number of hydrogen-bond donors (Lipinski definition) is 4. The number of ether oxygens (including phenoxy) is 2. The number of nitrogens with one attached hydrogen (secondary N) is 2. The first-order valence-electron chi connectivity index (χ1n) is 24.2. The van der Waals surface area contributed by atoms with Crippen molar-refractivity contribution in [3.05, 3.63) is 298 Å². The van der Waals surface area contributed by atoms with Gasteiger partial charge in [0.1, 0.15) is 34.5 Å². The van der Waals surface area contributed by atoms with Crippen molar-refractivity contribution < 1.29 is 29.3 Å². The number of phenolic OH excluding ortho intramolecular Hbond substituents is 2. The number of phenols is 2. The normalized spacial score (nSPS) is 11.6. The summed E-state index contributed by atoms with van der Waals surface area (Å²) >= 11 is 0. The fourth-order valence-corrected chi connectivity index (χ4v) is 9.33. The zero-order valence-electron chi connectivity index (χ0n) is 40.1. The third-order valence-corrected chi connectivity index (χ3v) is 13.0. The quantitative estimate of drug-likeness (QED) is 0.0801. The van der Waals surface area contributed by atoms with E-state index in [0.717, 1.165) is 55.6 Å². The van der Waals surface area contributed by atoms with Gasteiger partial charge in [-0.25, -0.2) is 0 Å². The van der Waals surface area contributed by atoms with E-state index in [0.29, 0.717) is 34.1 Å². The highest BCUT2D eigenvalue weighted by Crippen LogP contribution is 2.56. The average Bonchev–Trinajstić information content (AvgIpc) is 3.76. The molecule has 0 aromatic heterocycles. The Hall–Kier alpha value is -10.5. The Morgan fingerprint density at radius 3 is 1.07 bits per heavy atom. The van der Waals surface area contributed by atoms with Crippen LogP contribution in [-0.4, -0.2) is 22.0 Å². The van der Waals surface area contributed by atoms with Crippen LogP contribution in [-0.2, 0) is 5.41 Å². The van der Waals surface area contributed by atoms with Crippen LogP contribution in [0.4, 0.5) is 11.4 Å². The third kappa shape index (κ3) is 9.92. The van der Waals surface area contributed by atoms with Crippen LogP contribution >= 0.6 is 0 Å². The molecule has 0 unspecified atom stereocenters. The lowest BCUT2D eigenvalue weighted by Gasteiger charge is -2.34. The van der Waals surface area contributed by atoms with Crippen LogP contribution in [0.15, 0.2) is 243 Å². The number of aromatic hydroxyl groups is 2. The van der Waals surface area contributed by atoms with Gasteiger partial charge in [-0.2, -0.15) is 0 Å². The van der Waals surface area contributed by atoms with Gasteiger partial charge in [0.25, 0.3) is 11.8 Å². The van der Waals surface area contributed by atoms with E-state index in [1.165, 1.54) is 12.1 Å². The molecule has 75 heavy (non-hydrogen) atoms.